The van der Waals surface area contributed by atoms with E-state index in [2.05, 4.69) is 43.0 Å². The Morgan fingerprint density at radius 2 is 2.00 bits per heavy atom. The lowest BCUT2D eigenvalue weighted by Gasteiger charge is -2.37. The monoisotopic (exact) mass is 275 g/mol. The van der Waals surface area contributed by atoms with E-state index in [1.54, 1.807) is 0 Å². The highest BCUT2D eigenvalue weighted by Crippen LogP contribution is 2.18. The van der Waals surface area contributed by atoms with Gasteiger partial charge >= 0.3 is 0 Å². The number of rotatable bonds is 4. The lowest BCUT2D eigenvalue weighted by Crippen LogP contribution is -2.53. The number of nitrogens with zero attached hydrogens (tertiary/aromatic N) is 2. The molecule has 1 heterocycles. The lowest BCUT2D eigenvalue weighted by molar-refractivity contribution is -0.133. The van der Waals surface area contributed by atoms with Gasteiger partial charge in [-0.15, -0.1) is 0 Å². The van der Waals surface area contributed by atoms with Crippen molar-refractivity contribution in [3.8, 4) is 0 Å². The van der Waals surface area contributed by atoms with Gasteiger partial charge in [-0.1, -0.05) is 25.5 Å². The molecule has 1 saturated heterocycles. The summed E-state index contributed by atoms with van der Waals surface area (Å²) in [7, 11) is 0. The summed E-state index contributed by atoms with van der Waals surface area (Å²) in [5.41, 5.74) is 8.43. The average molecular weight is 275 g/mol. The predicted molar refractivity (Wildman–Crippen MR) is 82.9 cm³/mol. The van der Waals surface area contributed by atoms with Gasteiger partial charge in [0.15, 0.2) is 0 Å². The first-order valence-corrected chi connectivity index (χ1v) is 7.47. The zero-order valence-electron chi connectivity index (χ0n) is 12.5. The van der Waals surface area contributed by atoms with Crippen molar-refractivity contribution in [3.63, 3.8) is 0 Å². The molecule has 0 saturated carbocycles. The van der Waals surface area contributed by atoms with E-state index in [1.165, 1.54) is 11.3 Å². The first-order chi connectivity index (χ1) is 9.61. The van der Waals surface area contributed by atoms with E-state index in [0.717, 1.165) is 39.0 Å². The molecule has 0 radical (unpaired) electrons. The molecule has 2 rings (SSSR count). The highest BCUT2D eigenvalue weighted by atomic mass is 16.2. The molecule has 1 aliphatic rings. The van der Waals surface area contributed by atoms with E-state index < -0.39 is 0 Å². The summed E-state index contributed by atoms with van der Waals surface area (Å²) in [6.07, 6.45) is 1.73. The number of hydrogen-bond acceptors (Lipinski definition) is 3. The molecular formula is C16H25N3O. The van der Waals surface area contributed by atoms with Gasteiger partial charge in [0.05, 0.1) is 6.04 Å². The fourth-order valence-corrected chi connectivity index (χ4v) is 2.68. The molecule has 0 aromatic heterocycles. The molecule has 20 heavy (non-hydrogen) atoms. The molecule has 110 valence electrons. The standard InChI is InChI=1S/C16H25N3O/c1-3-5-15(17)16(20)19-10-8-18(9-11-19)14-7-4-6-13(2)12-14/h4,6-7,12,15H,3,5,8-11,17H2,1-2H3. The number of carbonyl (C=O) groups excluding carboxylic acids is 1. The van der Waals surface area contributed by atoms with Gasteiger partial charge in [-0.3, -0.25) is 4.79 Å². The summed E-state index contributed by atoms with van der Waals surface area (Å²) in [5.74, 6) is 0.107. The van der Waals surface area contributed by atoms with Gasteiger partial charge in [0, 0.05) is 31.9 Å². The maximum absolute atomic E-state index is 12.2. The first kappa shape index (κ1) is 14.9. The van der Waals surface area contributed by atoms with Crippen LogP contribution in [0.2, 0.25) is 0 Å². The fraction of sp³-hybridized carbons (Fsp3) is 0.562. The molecule has 4 heteroatoms. The number of anilines is 1. The van der Waals surface area contributed by atoms with Gasteiger partial charge in [0.1, 0.15) is 0 Å². The molecule has 4 nitrogen and oxygen atoms in total. The van der Waals surface area contributed by atoms with Crippen LogP contribution >= 0.6 is 0 Å². The molecule has 0 bridgehead atoms. The third kappa shape index (κ3) is 3.51. The van der Waals surface area contributed by atoms with Gasteiger partial charge in [-0.05, 0) is 31.0 Å². The van der Waals surface area contributed by atoms with Crippen molar-refractivity contribution in [2.24, 2.45) is 5.73 Å². The molecule has 1 atom stereocenters. The van der Waals surface area contributed by atoms with Crippen LogP contribution in [0.3, 0.4) is 0 Å². The third-order valence-electron chi connectivity index (χ3n) is 3.88. The van der Waals surface area contributed by atoms with Crippen LogP contribution in [0, 0.1) is 6.92 Å². The highest BCUT2D eigenvalue weighted by Gasteiger charge is 2.24. The predicted octanol–water partition coefficient (Wildman–Crippen LogP) is 1.77. The highest BCUT2D eigenvalue weighted by molar-refractivity contribution is 5.81. The van der Waals surface area contributed by atoms with E-state index in [-0.39, 0.29) is 11.9 Å². The zero-order valence-corrected chi connectivity index (χ0v) is 12.5. The summed E-state index contributed by atoms with van der Waals surface area (Å²) in [4.78, 5) is 16.4. The van der Waals surface area contributed by atoms with Crippen LogP contribution in [0.25, 0.3) is 0 Å². The van der Waals surface area contributed by atoms with Crippen LogP contribution in [-0.4, -0.2) is 43.0 Å². The number of amides is 1. The minimum atomic E-state index is -0.328. The van der Waals surface area contributed by atoms with E-state index in [1.807, 2.05) is 4.90 Å². The molecule has 1 aromatic carbocycles. The average Bonchev–Trinajstić information content (AvgIpc) is 2.47. The molecular weight excluding hydrogens is 250 g/mol. The van der Waals surface area contributed by atoms with E-state index >= 15 is 0 Å². The van der Waals surface area contributed by atoms with Gasteiger partial charge in [-0.2, -0.15) is 0 Å². The third-order valence-corrected chi connectivity index (χ3v) is 3.88. The Balaban J connectivity index is 1.91. The van der Waals surface area contributed by atoms with E-state index in [0.29, 0.717) is 0 Å². The Labute approximate surface area is 121 Å². The van der Waals surface area contributed by atoms with Crippen molar-refractivity contribution in [2.45, 2.75) is 32.7 Å². The molecule has 0 aliphatic carbocycles. The summed E-state index contributed by atoms with van der Waals surface area (Å²) < 4.78 is 0. The van der Waals surface area contributed by atoms with Gasteiger partial charge in [-0.25, -0.2) is 0 Å². The first-order valence-electron chi connectivity index (χ1n) is 7.47. The van der Waals surface area contributed by atoms with Crippen molar-refractivity contribution in [1.29, 1.82) is 0 Å². The van der Waals surface area contributed by atoms with Crippen LogP contribution in [0.4, 0.5) is 5.69 Å². The summed E-state index contributed by atoms with van der Waals surface area (Å²) in [5, 5.41) is 0. The topological polar surface area (TPSA) is 49.6 Å². The van der Waals surface area contributed by atoms with Gasteiger partial charge < -0.3 is 15.5 Å². The summed E-state index contributed by atoms with van der Waals surface area (Å²) in [6, 6.07) is 8.19. The second-order valence-corrected chi connectivity index (χ2v) is 5.55. The number of nitrogens with two attached hydrogens (primary N) is 1. The minimum absolute atomic E-state index is 0.107. The second kappa shape index (κ2) is 6.75. The summed E-state index contributed by atoms with van der Waals surface area (Å²) >= 11 is 0. The quantitative estimate of drug-likeness (QED) is 0.911. The summed E-state index contributed by atoms with van der Waals surface area (Å²) in [6.45, 7) is 7.46. The molecule has 0 spiro atoms. The van der Waals surface area contributed by atoms with Crippen LogP contribution in [-0.2, 0) is 4.79 Å². The van der Waals surface area contributed by atoms with Crippen LogP contribution in [0.15, 0.2) is 24.3 Å². The lowest BCUT2D eigenvalue weighted by atomic mass is 10.1. The van der Waals surface area contributed by atoms with Crippen molar-refractivity contribution in [2.75, 3.05) is 31.1 Å². The Bertz CT molecular complexity index is 453. The Hall–Kier alpha value is -1.55. The van der Waals surface area contributed by atoms with Crippen LogP contribution < -0.4 is 10.6 Å². The SMILES string of the molecule is CCCC(N)C(=O)N1CCN(c2cccc(C)c2)CC1. The molecule has 1 aliphatic heterocycles. The molecule has 2 N–H and O–H groups in total. The molecule has 1 amide bonds. The fourth-order valence-electron chi connectivity index (χ4n) is 2.68. The van der Waals surface area contributed by atoms with E-state index in [9.17, 15) is 4.79 Å². The Morgan fingerprint density at radius 1 is 1.30 bits per heavy atom. The van der Waals surface area contributed by atoms with Crippen molar-refractivity contribution in [3.05, 3.63) is 29.8 Å². The second-order valence-electron chi connectivity index (χ2n) is 5.55. The number of piperazine rings is 1. The van der Waals surface area contributed by atoms with Crippen LogP contribution in [0.5, 0.6) is 0 Å². The number of carbonyl (C=O) groups is 1. The smallest absolute Gasteiger partial charge is 0.239 e. The normalized spacial score (nSPS) is 17.1. The maximum Gasteiger partial charge on any atom is 0.239 e. The Kier molecular flexibility index (Phi) is 5.01. The largest absolute Gasteiger partial charge is 0.368 e. The van der Waals surface area contributed by atoms with Crippen molar-refractivity contribution < 1.29 is 4.79 Å². The van der Waals surface area contributed by atoms with Gasteiger partial charge in [0.2, 0.25) is 5.91 Å². The minimum Gasteiger partial charge on any atom is -0.368 e. The Morgan fingerprint density at radius 3 is 2.60 bits per heavy atom. The number of benzene rings is 1. The van der Waals surface area contributed by atoms with Crippen molar-refractivity contribution in [1.82, 2.24) is 4.90 Å². The molecule has 1 fully saturated rings. The maximum atomic E-state index is 12.2. The van der Waals surface area contributed by atoms with Gasteiger partial charge in [0.25, 0.3) is 0 Å². The number of aryl methyl sites for hydroxylation is 1. The van der Waals surface area contributed by atoms with E-state index in [4.69, 9.17) is 5.73 Å². The zero-order chi connectivity index (χ0) is 14.5. The van der Waals surface area contributed by atoms with Crippen LogP contribution in [0.1, 0.15) is 25.3 Å². The molecule has 1 unspecified atom stereocenters. The number of hydrogen-bond donors (Lipinski definition) is 1. The molecule has 1 aromatic rings. The van der Waals surface area contributed by atoms with Crippen molar-refractivity contribution >= 4 is 11.6 Å².